The number of carboxylic acids is 2. The number of fused-ring (bicyclic) bond motifs is 3. The molecule has 4 aliphatic heterocycles. The fraction of sp³-hybridized carbons (Fsp3) is 0.630. The molecule has 2 bridgehead atoms. The first kappa shape index (κ1) is 29.6. The van der Waals surface area contributed by atoms with Crippen LogP contribution >= 0.6 is 11.8 Å². The number of morpholine rings is 1. The highest BCUT2D eigenvalue weighted by Crippen LogP contribution is 2.37. The monoisotopic (exact) mass is 591 g/mol. The molecule has 3 fully saturated rings. The van der Waals surface area contributed by atoms with Crippen LogP contribution < -0.4 is 10.6 Å². The molecule has 0 saturated carbocycles. The van der Waals surface area contributed by atoms with Crippen LogP contribution in [0.3, 0.4) is 0 Å². The van der Waals surface area contributed by atoms with Crippen LogP contribution in [-0.2, 0) is 38.8 Å². The molecule has 2 aromatic rings. The number of piperidine rings is 1. The second kappa shape index (κ2) is 13.4. The molecule has 1 aromatic carbocycles. The molecule has 41 heavy (non-hydrogen) atoms. The number of carbonyl (C=O) groups is 2. The molecule has 0 amide bonds. The number of ether oxygens (including phenoxy) is 2. The normalized spacial score (nSPS) is 24.4. The summed E-state index contributed by atoms with van der Waals surface area (Å²) in [6.07, 6.45) is 3.94. The van der Waals surface area contributed by atoms with Crippen molar-refractivity contribution in [2.45, 2.75) is 74.8 Å². The van der Waals surface area contributed by atoms with Crippen molar-refractivity contribution in [2.75, 3.05) is 43.5 Å². The first-order chi connectivity index (χ1) is 19.8. The highest BCUT2D eigenvalue weighted by Gasteiger charge is 2.41. The van der Waals surface area contributed by atoms with Gasteiger partial charge in [-0.05, 0) is 31.7 Å². The summed E-state index contributed by atoms with van der Waals surface area (Å²) in [6, 6.07) is 9.43. The van der Waals surface area contributed by atoms with E-state index in [4.69, 9.17) is 29.3 Å². The highest BCUT2D eigenvalue weighted by molar-refractivity contribution is 7.99. The molecule has 0 aliphatic carbocycles. The van der Waals surface area contributed by atoms with E-state index in [0.29, 0.717) is 31.8 Å². The molecule has 6 rings (SSSR count). The maximum absolute atomic E-state index is 12.5. The van der Waals surface area contributed by atoms with E-state index < -0.39 is 18.0 Å². The summed E-state index contributed by atoms with van der Waals surface area (Å²) in [5, 5.41) is 30.8. The van der Waals surface area contributed by atoms with Gasteiger partial charge in [0.1, 0.15) is 0 Å². The summed E-state index contributed by atoms with van der Waals surface area (Å²) < 4.78 is 15.1. The topological polar surface area (TPSA) is 160 Å². The summed E-state index contributed by atoms with van der Waals surface area (Å²) >= 11 is 1.61. The zero-order chi connectivity index (χ0) is 28.9. The summed E-state index contributed by atoms with van der Waals surface area (Å²) in [7, 11) is 0. The van der Waals surface area contributed by atoms with Gasteiger partial charge >= 0.3 is 17.6 Å². The standard InChI is InChI=1S/C25H35N5O4S.C2H2O4/c31-21(16-30-25(32)28-9-12-35-24(28)26-30)15-29-19-5-6-20(29)14-22(13-19)34-17-18-3-1-2-4-23(18)27-7-10-33-11-8-27;3-1(4)2(5)6/h1-4,19-22,31H,5-17H2;(H,3,4)(H,5,6). The van der Waals surface area contributed by atoms with E-state index in [0.717, 1.165) is 62.9 Å². The molecule has 14 heteroatoms. The van der Waals surface area contributed by atoms with Crippen molar-refractivity contribution in [1.82, 2.24) is 19.2 Å². The van der Waals surface area contributed by atoms with Crippen molar-refractivity contribution in [3.05, 3.63) is 40.3 Å². The Hall–Kier alpha value is -2.91. The second-order valence-corrected chi connectivity index (χ2v) is 11.8. The van der Waals surface area contributed by atoms with Crippen LogP contribution in [0.25, 0.3) is 0 Å². The van der Waals surface area contributed by atoms with Gasteiger partial charge in [0, 0.05) is 55.3 Å². The Morgan fingerprint density at radius 3 is 2.39 bits per heavy atom. The molecular weight excluding hydrogens is 554 g/mol. The van der Waals surface area contributed by atoms with Crippen molar-refractivity contribution >= 4 is 29.4 Å². The summed E-state index contributed by atoms with van der Waals surface area (Å²) in [6.45, 7) is 5.59. The fourth-order valence-corrected chi connectivity index (χ4v) is 7.12. The quantitative estimate of drug-likeness (QED) is 0.370. The Balaban J connectivity index is 0.000000511. The number of anilines is 1. The van der Waals surface area contributed by atoms with E-state index >= 15 is 0 Å². The lowest BCUT2D eigenvalue weighted by atomic mass is 9.99. The van der Waals surface area contributed by atoms with Gasteiger partial charge in [-0.25, -0.2) is 19.1 Å². The van der Waals surface area contributed by atoms with E-state index in [-0.39, 0.29) is 18.3 Å². The third kappa shape index (κ3) is 7.12. The number of nitrogens with zero attached hydrogens (tertiary/aromatic N) is 5. The number of aliphatic carboxylic acids is 2. The number of benzene rings is 1. The smallest absolute Gasteiger partial charge is 0.414 e. The minimum atomic E-state index is -1.82. The van der Waals surface area contributed by atoms with Gasteiger partial charge in [-0.15, -0.1) is 5.10 Å². The second-order valence-electron chi connectivity index (χ2n) is 10.7. The number of aromatic nitrogens is 3. The van der Waals surface area contributed by atoms with Crippen molar-refractivity contribution in [2.24, 2.45) is 0 Å². The zero-order valence-corrected chi connectivity index (χ0v) is 23.7. The molecule has 3 saturated heterocycles. The lowest BCUT2D eigenvalue weighted by Gasteiger charge is -2.40. The van der Waals surface area contributed by atoms with Crippen LogP contribution in [-0.4, -0.2) is 109 Å². The lowest BCUT2D eigenvalue weighted by Crippen LogP contribution is -2.49. The van der Waals surface area contributed by atoms with Gasteiger partial charge in [0.25, 0.3) is 0 Å². The third-order valence-electron chi connectivity index (χ3n) is 8.08. The summed E-state index contributed by atoms with van der Waals surface area (Å²) in [4.78, 5) is 35.5. The Kier molecular flexibility index (Phi) is 9.65. The van der Waals surface area contributed by atoms with Gasteiger partial charge in [0.15, 0.2) is 5.16 Å². The number of para-hydroxylation sites is 1. The fourth-order valence-electron chi connectivity index (χ4n) is 6.18. The minimum Gasteiger partial charge on any atom is -0.473 e. The Labute approximate surface area is 241 Å². The first-order valence-electron chi connectivity index (χ1n) is 14.0. The predicted molar refractivity (Wildman–Crippen MR) is 149 cm³/mol. The summed E-state index contributed by atoms with van der Waals surface area (Å²) in [5.74, 6) is -2.75. The Morgan fingerprint density at radius 1 is 1.05 bits per heavy atom. The van der Waals surface area contributed by atoms with E-state index in [1.807, 2.05) is 0 Å². The average molecular weight is 592 g/mol. The molecule has 0 spiro atoms. The Bertz CT molecular complexity index is 1250. The third-order valence-corrected chi connectivity index (χ3v) is 9.03. The largest absolute Gasteiger partial charge is 0.473 e. The van der Waals surface area contributed by atoms with Gasteiger partial charge in [0.05, 0.1) is 38.6 Å². The molecule has 3 N–H and O–H groups in total. The molecule has 13 nitrogen and oxygen atoms in total. The maximum Gasteiger partial charge on any atom is 0.414 e. The molecule has 3 atom stereocenters. The van der Waals surface area contributed by atoms with Crippen molar-refractivity contribution in [1.29, 1.82) is 0 Å². The first-order valence-corrected chi connectivity index (χ1v) is 15.0. The predicted octanol–water partition coefficient (Wildman–Crippen LogP) is 0.716. The van der Waals surface area contributed by atoms with E-state index in [9.17, 15) is 9.90 Å². The van der Waals surface area contributed by atoms with Crippen LogP contribution in [0.4, 0.5) is 5.69 Å². The summed E-state index contributed by atoms with van der Waals surface area (Å²) in [5.41, 5.74) is 2.41. The molecule has 5 heterocycles. The lowest BCUT2D eigenvalue weighted by molar-refractivity contribution is -0.159. The van der Waals surface area contributed by atoms with Gasteiger partial charge in [-0.1, -0.05) is 30.0 Å². The Morgan fingerprint density at radius 2 is 1.73 bits per heavy atom. The van der Waals surface area contributed by atoms with E-state index in [2.05, 4.69) is 39.2 Å². The minimum absolute atomic E-state index is 0.100. The molecule has 0 radical (unpaired) electrons. The molecule has 4 aliphatic rings. The number of thioether (sulfide) groups is 1. The van der Waals surface area contributed by atoms with E-state index in [1.165, 1.54) is 15.9 Å². The average Bonchev–Trinajstić information content (AvgIpc) is 3.61. The van der Waals surface area contributed by atoms with Crippen LogP contribution in [0.5, 0.6) is 0 Å². The molecular formula is C27H37N5O8S. The van der Waals surface area contributed by atoms with Gasteiger partial charge in [0.2, 0.25) is 0 Å². The molecule has 3 unspecified atom stereocenters. The number of carboxylic acid groups (broad SMARTS) is 2. The number of hydrogen-bond acceptors (Lipinski definition) is 10. The van der Waals surface area contributed by atoms with Crippen molar-refractivity contribution in [3.63, 3.8) is 0 Å². The van der Waals surface area contributed by atoms with Crippen molar-refractivity contribution in [3.8, 4) is 0 Å². The van der Waals surface area contributed by atoms with Crippen LogP contribution in [0, 0.1) is 0 Å². The SMILES string of the molecule is O=C(O)C(=O)O.O=c1n(CC(O)CN2C3CCC2CC(OCc2ccccc2N2CCOCC2)C3)nc2n1CCS2. The van der Waals surface area contributed by atoms with Crippen LogP contribution in [0.2, 0.25) is 0 Å². The van der Waals surface area contributed by atoms with Gasteiger partial charge < -0.3 is 29.7 Å². The maximum atomic E-state index is 12.5. The van der Waals surface area contributed by atoms with Crippen molar-refractivity contribution < 1.29 is 34.4 Å². The number of rotatable bonds is 8. The van der Waals surface area contributed by atoms with Gasteiger partial charge in [-0.3, -0.25) is 9.47 Å². The number of aliphatic hydroxyl groups excluding tert-OH is 1. The van der Waals surface area contributed by atoms with E-state index in [1.54, 1.807) is 16.3 Å². The number of aliphatic hydroxyl groups is 1. The number of hydrogen-bond donors (Lipinski definition) is 3. The zero-order valence-electron chi connectivity index (χ0n) is 22.8. The highest BCUT2D eigenvalue weighted by atomic mass is 32.2. The molecule has 1 aromatic heterocycles. The molecule has 224 valence electrons. The van der Waals surface area contributed by atoms with Gasteiger partial charge in [-0.2, -0.15) is 0 Å². The van der Waals surface area contributed by atoms with Crippen LogP contribution in [0.15, 0.2) is 34.2 Å². The van der Waals surface area contributed by atoms with Crippen LogP contribution in [0.1, 0.15) is 31.2 Å².